The Kier molecular flexibility index (Phi) is 3.86. The predicted molar refractivity (Wildman–Crippen MR) is 112 cm³/mol. The first kappa shape index (κ1) is 17.7. The smallest absolute Gasteiger partial charge is 0.243 e. The van der Waals surface area contributed by atoms with Crippen LogP contribution in [0.15, 0.2) is 67.4 Å². The van der Waals surface area contributed by atoms with Crippen molar-refractivity contribution in [3.05, 3.63) is 83.5 Å². The normalized spacial score (nSPS) is 19.8. The van der Waals surface area contributed by atoms with Crippen molar-refractivity contribution in [3.8, 4) is 5.69 Å². The monoisotopic (exact) mass is 404 g/mol. The molecule has 0 radical (unpaired) electrons. The molecule has 29 heavy (non-hydrogen) atoms. The van der Waals surface area contributed by atoms with Crippen molar-refractivity contribution >= 4 is 34.9 Å². The number of carbonyl (C=O) groups is 2. The molecule has 5 rings (SSSR count). The zero-order valence-electron chi connectivity index (χ0n) is 15.4. The van der Waals surface area contributed by atoms with Crippen LogP contribution in [0.3, 0.4) is 0 Å². The molecular formula is C22H17ClN4O2. The molecule has 0 saturated heterocycles. The quantitative estimate of drug-likeness (QED) is 0.677. The molecular weight excluding hydrogens is 388 g/mol. The Morgan fingerprint density at radius 2 is 2.00 bits per heavy atom. The molecule has 1 atom stereocenters. The summed E-state index contributed by atoms with van der Waals surface area (Å²) in [7, 11) is 0. The first-order chi connectivity index (χ1) is 14.1. The van der Waals surface area contributed by atoms with Crippen molar-refractivity contribution in [3.63, 3.8) is 0 Å². The van der Waals surface area contributed by atoms with Crippen LogP contribution in [-0.4, -0.2) is 28.1 Å². The molecule has 1 unspecified atom stereocenters. The number of hydrogen-bond acceptors (Lipinski definition) is 3. The molecule has 2 aliphatic heterocycles. The summed E-state index contributed by atoms with van der Waals surface area (Å²) in [4.78, 5) is 28.1. The molecule has 1 aromatic heterocycles. The number of halogens is 1. The molecule has 2 aliphatic rings. The Morgan fingerprint density at radius 1 is 1.17 bits per heavy atom. The second-order valence-electron chi connectivity index (χ2n) is 7.15. The van der Waals surface area contributed by atoms with Crippen LogP contribution < -0.4 is 10.2 Å². The van der Waals surface area contributed by atoms with Gasteiger partial charge < -0.3 is 10.2 Å². The Bertz CT molecular complexity index is 1190. The van der Waals surface area contributed by atoms with Gasteiger partial charge in [0.2, 0.25) is 11.8 Å². The van der Waals surface area contributed by atoms with Crippen molar-refractivity contribution in [2.75, 3.05) is 16.8 Å². The van der Waals surface area contributed by atoms with Crippen molar-refractivity contribution in [2.24, 2.45) is 0 Å². The van der Waals surface area contributed by atoms with Gasteiger partial charge in [-0.1, -0.05) is 41.9 Å². The number of hydrogen-bond donors (Lipinski definition) is 1. The molecule has 2 amide bonds. The van der Waals surface area contributed by atoms with Crippen LogP contribution in [0.2, 0.25) is 5.02 Å². The minimum Gasteiger partial charge on any atom is -0.310 e. The lowest BCUT2D eigenvalue weighted by atomic mass is 9.72. The molecule has 1 spiro atoms. The predicted octanol–water partition coefficient (Wildman–Crippen LogP) is 3.69. The van der Waals surface area contributed by atoms with Gasteiger partial charge in [0.05, 0.1) is 11.9 Å². The third kappa shape index (κ3) is 2.39. The number of anilines is 2. The second-order valence-corrected chi connectivity index (χ2v) is 7.59. The summed E-state index contributed by atoms with van der Waals surface area (Å²) >= 11 is 6.14. The summed E-state index contributed by atoms with van der Waals surface area (Å²) in [5, 5.41) is 7.96. The van der Waals surface area contributed by atoms with Gasteiger partial charge in [-0.15, -0.1) is 6.58 Å². The van der Waals surface area contributed by atoms with E-state index in [0.29, 0.717) is 28.6 Å². The number of carbonyl (C=O) groups excluding carboxylic acids is 2. The summed E-state index contributed by atoms with van der Waals surface area (Å²) in [6, 6.07) is 14.8. The van der Waals surface area contributed by atoms with E-state index in [0.717, 1.165) is 11.3 Å². The number of fused-ring (bicyclic) bond motifs is 4. The van der Waals surface area contributed by atoms with E-state index < -0.39 is 5.41 Å². The summed E-state index contributed by atoms with van der Waals surface area (Å²) < 4.78 is 1.62. The minimum atomic E-state index is -1.10. The van der Waals surface area contributed by atoms with E-state index >= 15 is 0 Å². The summed E-state index contributed by atoms with van der Waals surface area (Å²) in [5.74, 6) is 0.123. The largest absolute Gasteiger partial charge is 0.310 e. The number of rotatable bonds is 3. The van der Waals surface area contributed by atoms with E-state index in [1.54, 1.807) is 34.0 Å². The van der Waals surface area contributed by atoms with Gasteiger partial charge in [0.1, 0.15) is 11.2 Å². The Morgan fingerprint density at radius 3 is 2.79 bits per heavy atom. The molecule has 3 aromatic rings. The zero-order valence-corrected chi connectivity index (χ0v) is 16.2. The molecule has 0 saturated carbocycles. The van der Waals surface area contributed by atoms with Crippen LogP contribution in [0, 0.1) is 0 Å². The van der Waals surface area contributed by atoms with Gasteiger partial charge >= 0.3 is 0 Å². The molecule has 144 valence electrons. The third-order valence-corrected chi connectivity index (χ3v) is 5.78. The third-order valence-electron chi connectivity index (χ3n) is 5.54. The molecule has 1 N–H and O–H groups in total. The zero-order chi connectivity index (χ0) is 20.2. The van der Waals surface area contributed by atoms with Crippen LogP contribution in [0.1, 0.15) is 17.5 Å². The second kappa shape index (κ2) is 6.32. The highest BCUT2D eigenvalue weighted by Crippen LogP contribution is 2.52. The molecule has 6 nitrogen and oxygen atoms in total. The van der Waals surface area contributed by atoms with E-state index in [9.17, 15) is 9.59 Å². The first-order valence-electron chi connectivity index (χ1n) is 9.23. The van der Waals surface area contributed by atoms with Crippen LogP contribution in [-0.2, 0) is 15.0 Å². The van der Waals surface area contributed by atoms with Gasteiger partial charge in [0.25, 0.3) is 0 Å². The average molecular weight is 405 g/mol. The maximum absolute atomic E-state index is 13.7. The van der Waals surface area contributed by atoms with E-state index in [2.05, 4.69) is 17.0 Å². The highest BCUT2D eigenvalue weighted by Gasteiger charge is 2.56. The first-order valence-corrected chi connectivity index (χ1v) is 9.61. The van der Waals surface area contributed by atoms with E-state index in [-0.39, 0.29) is 18.2 Å². The number of amides is 2. The van der Waals surface area contributed by atoms with Gasteiger partial charge in [0, 0.05) is 29.2 Å². The van der Waals surface area contributed by atoms with Crippen LogP contribution >= 0.6 is 11.6 Å². The van der Waals surface area contributed by atoms with E-state index in [1.165, 1.54) is 0 Å². The number of nitrogens with one attached hydrogen (secondary N) is 1. The Labute approximate surface area is 172 Å². The average Bonchev–Trinajstić information content (AvgIpc) is 3.23. The summed E-state index contributed by atoms with van der Waals surface area (Å²) in [5.41, 5.74) is 1.90. The number of nitrogens with zero attached hydrogens (tertiary/aromatic N) is 3. The van der Waals surface area contributed by atoms with Gasteiger partial charge in [-0.25, -0.2) is 4.68 Å². The Balaban J connectivity index is 1.76. The van der Waals surface area contributed by atoms with Gasteiger partial charge in [0.15, 0.2) is 0 Å². The summed E-state index contributed by atoms with van der Waals surface area (Å²) in [6.45, 7) is 4.15. The number of aromatic nitrogens is 2. The van der Waals surface area contributed by atoms with E-state index in [4.69, 9.17) is 11.6 Å². The van der Waals surface area contributed by atoms with Gasteiger partial charge in [-0.05, 0) is 29.8 Å². The molecule has 0 fully saturated rings. The maximum atomic E-state index is 13.7. The fourth-order valence-electron chi connectivity index (χ4n) is 4.36. The molecule has 0 aliphatic carbocycles. The van der Waals surface area contributed by atoms with Gasteiger partial charge in [-0.2, -0.15) is 5.10 Å². The molecule has 7 heteroatoms. The van der Waals surface area contributed by atoms with E-state index in [1.807, 2.05) is 36.4 Å². The minimum absolute atomic E-state index is 0.0325. The standard InChI is InChI=1S/C22H17ClN4O2/c1-2-10-26-18-9-4-3-8-16(18)22(21(26)29)12-19(28)25-20-17(22)13-24-27(20)15-7-5-6-14(23)11-15/h2-9,11,13H,1,10,12H2,(H,25,28). The number of benzene rings is 2. The number of para-hydroxylation sites is 1. The molecule has 3 heterocycles. The summed E-state index contributed by atoms with van der Waals surface area (Å²) in [6.07, 6.45) is 3.39. The van der Waals surface area contributed by atoms with Crippen LogP contribution in [0.5, 0.6) is 0 Å². The SMILES string of the molecule is C=CCN1C(=O)C2(CC(=O)Nc3c2cnn3-c2cccc(Cl)c2)c2ccccc21. The van der Waals surface area contributed by atoms with Crippen molar-refractivity contribution < 1.29 is 9.59 Å². The van der Waals surface area contributed by atoms with Crippen molar-refractivity contribution in [2.45, 2.75) is 11.8 Å². The maximum Gasteiger partial charge on any atom is 0.243 e. The fourth-order valence-corrected chi connectivity index (χ4v) is 4.55. The lowest BCUT2D eigenvalue weighted by Crippen LogP contribution is -2.46. The van der Waals surface area contributed by atoms with Crippen molar-refractivity contribution in [1.82, 2.24) is 9.78 Å². The van der Waals surface area contributed by atoms with Crippen LogP contribution in [0.25, 0.3) is 5.69 Å². The topological polar surface area (TPSA) is 67.2 Å². The highest BCUT2D eigenvalue weighted by atomic mass is 35.5. The molecule has 0 bridgehead atoms. The molecule has 2 aromatic carbocycles. The van der Waals surface area contributed by atoms with Crippen LogP contribution in [0.4, 0.5) is 11.5 Å². The lowest BCUT2D eigenvalue weighted by molar-refractivity contribution is -0.126. The lowest BCUT2D eigenvalue weighted by Gasteiger charge is -2.32. The van der Waals surface area contributed by atoms with Gasteiger partial charge in [-0.3, -0.25) is 9.59 Å². The Hall–Kier alpha value is -3.38. The van der Waals surface area contributed by atoms with Crippen molar-refractivity contribution in [1.29, 1.82) is 0 Å². The highest BCUT2D eigenvalue weighted by molar-refractivity contribution is 6.30. The fraction of sp³-hybridized carbons (Fsp3) is 0.136.